The van der Waals surface area contributed by atoms with E-state index in [1.54, 1.807) is 6.20 Å². The second-order valence-corrected chi connectivity index (χ2v) is 6.04. The van der Waals surface area contributed by atoms with Crippen LogP contribution in [0.15, 0.2) is 17.1 Å². The molecule has 0 aliphatic carbocycles. The van der Waals surface area contributed by atoms with E-state index in [0.29, 0.717) is 18.9 Å². The van der Waals surface area contributed by atoms with Gasteiger partial charge in [0.05, 0.1) is 24.4 Å². The number of aromatic nitrogens is 2. The highest BCUT2D eigenvalue weighted by atomic mass is 16.5. The van der Waals surface area contributed by atoms with Gasteiger partial charge in [0.25, 0.3) is 5.56 Å². The van der Waals surface area contributed by atoms with Crippen molar-refractivity contribution in [3.63, 3.8) is 0 Å². The number of nitrogens with two attached hydrogens (primary N) is 1. The summed E-state index contributed by atoms with van der Waals surface area (Å²) in [7, 11) is 0. The molecule has 0 bridgehead atoms. The Hall–Kier alpha value is -1.40. The standard InChI is InChI=1S/C14H23N3O3/c1-10(15)9-19-12-6-13(18)17(16-7-12)8-11-4-5-14(2,3)20-11/h6-7,10-11H,4-5,8-9,15H2,1-3H3. The fourth-order valence-corrected chi connectivity index (χ4v) is 2.26. The third-order valence-corrected chi connectivity index (χ3v) is 3.29. The second kappa shape index (κ2) is 5.93. The molecule has 0 spiro atoms. The van der Waals surface area contributed by atoms with Crippen LogP contribution in [0.3, 0.4) is 0 Å². The Balaban J connectivity index is 1.98. The van der Waals surface area contributed by atoms with E-state index >= 15 is 0 Å². The summed E-state index contributed by atoms with van der Waals surface area (Å²) in [6.45, 7) is 6.82. The summed E-state index contributed by atoms with van der Waals surface area (Å²) in [5.41, 5.74) is 5.31. The summed E-state index contributed by atoms with van der Waals surface area (Å²) in [4.78, 5) is 12.0. The third kappa shape index (κ3) is 4.05. The Labute approximate surface area is 118 Å². The minimum atomic E-state index is -0.180. The molecule has 0 amide bonds. The molecule has 2 rings (SSSR count). The van der Waals surface area contributed by atoms with Crippen molar-refractivity contribution in [3.05, 3.63) is 22.6 Å². The number of nitrogens with zero attached hydrogens (tertiary/aromatic N) is 2. The van der Waals surface area contributed by atoms with Crippen LogP contribution in [-0.4, -0.2) is 34.1 Å². The second-order valence-electron chi connectivity index (χ2n) is 6.04. The summed E-state index contributed by atoms with van der Waals surface area (Å²) in [5.74, 6) is 0.455. The molecular formula is C14H23N3O3. The highest BCUT2D eigenvalue weighted by Gasteiger charge is 2.32. The van der Waals surface area contributed by atoms with Gasteiger partial charge < -0.3 is 15.2 Å². The first-order chi connectivity index (χ1) is 9.35. The van der Waals surface area contributed by atoms with Gasteiger partial charge in [-0.15, -0.1) is 0 Å². The first-order valence-corrected chi connectivity index (χ1v) is 6.99. The van der Waals surface area contributed by atoms with Crippen molar-refractivity contribution in [1.82, 2.24) is 9.78 Å². The molecule has 1 fully saturated rings. The van der Waals surface area contributed by atoms with E-state index < -0.39 is 0 Å². The molecule has 2 atom stereocenters. The molecule has 1 aliphatic heterocycles. The predicted molar refractivity (Wildman–Crippen MR) is 75.8 cm³/mol. The first kappa shape index (κ1) is 15.0. The van der Waals surface area contributed by atoms with E-state index in [1.165, 1.54) is 10.7 Å². The van der Waals surface area contributed by atoms with E-state index in [9.17, 15) is 4.79 Å². The summed E-state index contributed by atoms with van der Waals surface area (Å²) in [5, 5.41) is 4.13. The monoisotopic (exact) mass is 281 g/mol. The lowest BCUT2D eigenvalue weighted by atomic mass is 10.1. The molecule has 1 aromatic heterocycles. The zero-order chi connectivity index (χ0) is 14.8. The lowest BCUT2D eigenvalue weighted by Crippen LogP contribution is -2.30. The van der Waals surface area contributed by atoms with Crippen LogP contribution in [0.1, 0.15) is 33.6 Å². The predicted octanol–water partition coefficient (Wildman–Crippen LogP) is 0.927. The van der Waals surface area contributed by atoms with Crippen molar-refractivity contribution in [2.75, 3.05) is 6.61 Å². The zero-order valence-electron chi connectivity index (χ0n) is 12.3. The Kier molecular flexibility index (Phi) is 4.45. The van der Waals surface area contributed by atoms with Gasteiger partial charge in [-0.05, 0) is 33.6 Å². The van der Waals surface area contributed by atoms with Gasteiger partial charge in [-0.25, -0.2) is 4.68 Å². The molecule has 1 saturated heterocycles. The van der Waals surface area contributed by atoms with Crippen LogP contribution in [0.25, 0.3) is 0 Å². The van der Waals surface area contributed by atoms with Gasteiger partial charge >= 0.3 is 0 Å². The topological polar surface area (TPSA) is 79.4 Å². The van der Waals surface area contributed by atoms with Crippen LogP contribution in [0.2, 0.25) is 0 Å². The summed E-state index contributed by atoms with van der Waals surface area (Å²) >= 11 is 0. The lowest BCUT2D eigenvalue weighted by molar-refractivity contribution is -0.0235. The molecule has 0 radical (unpaired) electrons. The van der Waals surface area contributed by atoms with Crippen molar-refractivity contribution >= 4 is 0 Å². The molecule has 0 saturated carbocycles. The van der Waals surface area contributed by atoms with Gasteiger partial charge in [0.1, 0.15) is 12.4 Å². The third-order valence-electron chi connectivity index (χ3n) is 3.29. The quantitative estimate of drug-likeness (QED) is 0.868. The Morgan fingerprint density at radius 1 is 1.65 bits per heavy atom. The van der Waals surface area contributed by atoms with Gasteiger partial charge in [0.15, 0.2) is 0 Å². The normalized spacial score (nSPS) is 22.7. The molecule has 2 unspecified atom stereocenters. The fourth-order valence-electron chi connectivity index (χ4n) is 2.26. The van der Waals surface area contributed by atoms with E-state index in [-0.39, 0.29) is 23.3 Å². The maximum absolute atomic E-state index is 12.0. The number of hydrogen-bond acceptors (Lipinski definition) is 5. The highest BCUT2D eigenvalue weighted by molar-refractivity contribution is 5.13. The van der Waals surface area contributed by atoms with Crippen LogP contribution >= 0.6 is 0 Å². The van der Waals surface area contributed by atoms with Crippen LogP contribution < -0.4 is 16.0 Å². The SMILES string of the molecule is CC(N)COc1cnn(CC2CCC(C)(C)O2)c(=O)c1. The van der Waals surface area contributed by atoms with Gasteiger partial charge in [-0.1, -0.05) is 0 Å². The van der Waals surface area contributed by atoms with E-state index in [2.05, 4.69) is 18.9 Å². The molecule has 2 heterocycles. The molecule has 112 valence electrons. The lowest BCUT2D eigenvalue weighted by Gasteiger charge is -2.19. The average molecular weight is 281 g/mol. The summed E-state index contributed by atoms with van der Waals surface area (Å²) in [6.07, 6.45) is 3.54. The fraction of sp³-hybridized carbons (Fsp3) is 0.714. The Morgan fingerprint density at radius 2 is 2.40 bits per heavy atom. The van der Waals surface area contributed by atoms with E-state index in [4.69, 9.17) is 15.2 Å². The maximum Gasteiger partial charge on any atom is 0.270 e. The molecule has 2 N–H and O–H groups in total. The molecule has 6 heteroatoms. The van der Waals surface area contributed by atoms with Crippen LogP contribution in [-0.2, 0) is 11.3 Å². The smallest absolute Gasteiger partial charge is 0.270 e. The van der Waals surface area contributed by atoms with Crippen molar-refractivity contribution in [1.29, 1.82) is 0 Å². The first-order valence-electron chi connectivity index (χ1n) is 6.99. The highest BCUT2D eigenvalue weighted by Crippen LogP contribution is 2.29. The van der Waals surface area contributed by atoms with Crippen LogP contribution in [0, 0.1) is 0 Å². The van der Waals surface area contributed by atoms with Crippen LogP contribution in [0.5, 0.6) is 5.75 Å². The van der Waals surface area contributed by atoms with Crippen molar-refractivity contribution in [3.8, 4) is 5.75 Å². The average Bonchev–Trinajstić information content (AvgIpc) is 2.69. The Bertz CT molecular complexity index is 511. The van der Waals surface area contributed by atoms with Crippen molar-refractivity contribution in [2.45, 2.75) is 57.9 Å². The number of hydrogen-bond donors (Lipinski definition) is 1. The van der Waals surface area contributed by atoms with Crippen molar-refractivity contribution in [2.24, 2.45) is 5.73 Å². The molecule has 1 aliphatic rings. The zero-order valence-corrected chi connectivity index (χ0v) is 12.3. The molecule has 0 aromatic carbocycles. The minimum absolute atomic E-state index is 0.0473. The van der Waals surface area contributed by atoms with E-state index in [1.807, 2.05) is 6.92 Å². The number of ether oxygens (including phenoxy) is 2. The van der Waals surface area contributed by atoms with Gasteiger partial charge in [-0.3, -0.25) is 4.79 Å². The summed E-state index contributed by atoms with van der Waals surface area (Å²) in [6, 6.07) is 1.36. The Morgan fingerprint density at radius 3 is 2.95 bits per heavy atom. The van der Waals surface area contributed by atoms with Gasteiger partial charge in [-0.2, -0.15) is 5.10 Å². The number of rotatable bonds is 5. The molecule has 20 heavy (non-hydrogen) atoms. The maximum atomic E-state index is 12.0. The minimum Gasteiger partial charge on any atom is -0.490 e. The molecule has 6 nitrogen and oxygen atoms in total. The van der Waals surface area contributed by atoms with Gasteiger partial charge in [0.2, 0.25) is 0 Å². The summed E-state index contributed by atoms with van der Waals surface area (Å²) < 4.78 is 12.7. The largest absolute Gasteiger partial charge is 0.490 e. The molecular weight excluding hydrogens is 258 g/mol. The molecule has 1 aromatic rings. The van der Waals surface area contributed by atoms with E-state index in [0.717, 1.165) is 12.8 Å². The van der Waals surface area contributed by atoms with Crippen molar-refractivity contribution < 1.29 is 9.47 Å². The van der Waals surface area contributed by atoms with Crippen LogP contribution in [0.4, 0.5) is 0 Å². The van der Waals surface area contributed by atoms with Gasteiger partial charge in [0, 0.05) is 12.1 Å².